The van der Waals surface area contributed by atoms with Crippen LogP contribution >= 0.6 is 12.2 Å². The second-order valence-electron chi connectivity index (χ2n) is 3.35. The molecule has 0 amide bonds. The minimum absolute atomic E-state index is 0.922. The van der Waals surface area contributed by atoms with E-state index >= 15 is 0 Å². The summed E-state index contributed by atoms with van der Waals surface area (Å²) in [5.41, 5.74) is 3.64. The van der Waals surface area contributed by atoms with Gasteiger partial charge in [0.1, 0.15) is 0 Å². The molecule has 1 aromatic heterocycles. The Bertz CT molecular complexity index is 511. The van der Waals surface area contributed by atoms with E-state index in [-0.39, 0.29) is 0 Å². The summed E-state index contributed by atoms with van der Waals surface area (Å²) < 4.78 is 0.922. The van der Waals surface area contributed by atoms with Crippen molar-refractivity contribution in [3.63, 3.8) is 0 Å². The van der Waals surface area contributed by atoms with E-state index < -0.39 is 0 Å². The zero-order valence-corrected chi connectivity index (χ0v) is 8.53. The molecule has 1 heterocycles. The van der Waals surface area contributed by atoms with Crippen LogP contribution in [0.2, 0.25) is 0 Å². The molecule has 13 heavy (non-hydrogen) atoms. The van der Waals surface area contributed by atoms with Gasteiger partial charge in [-0.1, -0.05) is 18.3 Å². The maximum Gasteiger partial charge on any atom is 0.0487 e. The minimum atomic E-state index is 0.922. The normalized spacial score (nSPS) is 10.6. The molecule has 1 nitrogen and oxygen atoms in total. The summed E-state index contributed by atoms with van der Waals surface area (Å²) >= 11 is 5.26. The molecule has 1 aromatic carbocycles. The molecule has 1 N–H and O–H groups in total. The first-order valence-corrected chi connectivity index (χ1v) is 4.68. The first-order valence-electron chi connectivity index (χ1n) is 4.27. The van der Waals surface area contributed by atoms with Gasteiger partial charge in [-0.25, -0.2) is 0 Å². The van der Waals surface area contributed by atoms with Gasteiger partial charge >= 0.3 is 0 Å². The van der Waals surface area contributed by atoms with Crippen LogP contribution in [0.4, 0.5) is 0 Å². The van der Waals surface area contributed by atoms with Crippen LogP contribution in [-0.4, -0.2) is 4.98 Å². The molecule has 0 unspecified atom stereocenters. The van der Waals surface area contributed by atoms with E-state index in [1.54, 1.807) is 0 Å². The van der Waals surface area contributed by atoms with Crippen LogP contribution in [-0.2, 0) is 0 Å². The van der Waals surface area contributed by atoms with Crippen LogP contribution in [0.25, 0.3) is 10.9 Å². The van der Waals surface area contributed by atoms with Crippen molar-refractivity contribution in [2.45, 2.75) is 13.8 Å². The molecule has 0 radical (unpaired) electrons. The van der Waals surface area contributed by atoms with Crippen molar-refractivity contribution in [1.29, 1.82) is 0 Å². The van der Waals surface area contributed by atoms with Gasteiger partial charge in [0.2, 0.25) is 0 Å². The van der Waals surface area contributed by atoms with Gasteiger partial charge in [0.15, 0.2) is 0 Å². The summed E-state index contributed by atoms with van der Waals surface area (Å²) in [4.78, 5) is 3.21. The Morgan fingerprint density at radius 1 is 1.23 bits per heavy atom. The molecule has 0 atom stereocenters. The number of rotatable bonds is 0. The largest absolute Gasteiger partial charge is 0.361 e. The summed E-state index contributed by atoms with van der Waals surface area (Å²) in [6.45, 7) is 4.19. The lowest BCUT2D eigenvalue weighted by atomic mass is 10.1. The van der Waals surface area contributed by atoms with Gasteiger partial charge in [0.05, 0.1) is 0 Å². The Kier molecular flexibility index (Phi) is 1.93. The highest BCUT2D eigenvalue weighted by atomic mass is 32.1. The number of aromatic nitrogens is 1. The summed E-state index contributed by atoms with van der Waals surface area (Å²) in [5.74, 6) is 0. The van der Waals surface area contributed by atoms with Crippen LogP contribution in [0, 0.1) is 18.4 Å². The number of hydrogen-bond acceptors (Lipinski definition) is 1. The Morgan fingerprint density at radius 3 is 2.77 bits per heavy atom. The monoisotopic (exact) mass is 189 g/mol. The lowest BCUT2D eigenvalue weighted by Gasteiger charge is -2.03. The third kappa shape index (κ3) is 1.38. The van der Waals surface area contributed by atoms with E-state index in [1.165, 1.54) is 16.5 Å². The number of pyridine rings is 1. The van der Waals surface area contributed by atoms with Crippen LogP contribution < -0.4 is 0 Å². The predicted molar refractivity (Wildman–Crippen MR) is 58.6 cm³/mol. The molecule has 0 aliphatic carbocycles. The van der Waals surface area contributed by atoms with E-state index in [1.807, 2.05) is 12.3 Å². The molecule has 0 saturated heterocycles. The smallest absolute Gasteiger partial charge is 0.0487 e. The zero-order valence-electron chi connectivity index (χ0n) is 7.72. The van der Waals surface area contributed by atoms with E-state index in [2.05, 4.69) is 31.0 Å². The van der Waals surface area contributed by atoms with Gasteiger partial charge < -0.3 is 4.98 Å². The second kappa shape index (κ2) is 2.96. The fourth-order valence-electron chi connectivity index (χ4n) is 1.70. The van der Waals surface area contributed by atoms with Gasteiger partial charge in [-0.05, 0) is 37.1 Å². The van der Waals surface area contributed by atoms with Crippen LogP contribution in [0.3, 0.4) is 0 Å². The number of aryl methyl sites for hydroxylation is 2. The molecule has 0 bridgehead atoms. The fraction of sp³-hybridized carbons (Fsp3) is 0.182. The van der Waals surface area contributed by atoms with Crippen LogP contribution in [0.5, 0.6) is 0 Å². The van der Waals surface area contributed by atoms with Crippen molar-refractivity contribution in [2.24, 2.45) is 0 Å². The van der Waals surface area contributed by atoms with E-state index in [4.69, 9.17) is 12.2 Å². The number of nitrogens with one attached hydrogen (secondary N) is 1. The molecule has 0 fully saturated rings. The fourth-order valence-corrected chi connectivity index (χ4v) is 2.04. The van der Waals surface area contributed by atoms with Gasteiger partial charge in [-0.3, -0.25) is 0 Å². The summed E-state index contributed by atoms with van der Waals surface area (Å²) in [7, 11) is 0. The molecule has 0 saturated carbocycles. The van der Waals surface area contributed by atoms with Crippen molar-refractivity contribution in [2.75, 3.05) is 0 Å². The van der Waals surface area contributed by atoms with E-state index in [9.17, 15) is 0 Å². The lowest BCUT2D eigenvalue weighted by molar-refractivity contribution is 1.35. The molecule has 66 valence electrons. The van der Waals surface area contributed by atoms with E-state index in [0.29, 0.717) is 0 Å². The van der Waals surface area contributed by atoms with Gasteiger partial charge in [-0.15, -0.1) is 0 Å². The Labute approximate surface area is 82.4 Å². The highest BCUT2D eigenvalue weighted by Crippen LogP contribution is 2.19. The molecule has 2 rings (SSSR count). The molecule has 0 spiro atoms. The maximum atomic E-state index is 5.26. The Morgan fingerprint density at radius 2 is 2.00 bits per heavy atom. The summed E-state index contributed by atoms with van der Waals surface area (Å²) in [5, 5.41) is 1.17. The lowest BCUT2D eigenvalue weighted by Crippen LogP contribution is -1.85. The molecule has 0 aliphatic heterocycles. The van der Waals surface area contributed by atoms with E-state index in [0.717, 1.165) is 10.0 Å². The van der Waals surface area contributed by atoms with Gasteiger partial charge in [0, 0.05) is 21.6 Å². The van der Waals surface area contributed by atoms with Crippen molar-refractivity contribution in [3.05, 3.63) is 40.0 Å². The predicted octanol–water partition coefficient (Wildman–Crippen LogP) is 3.51. The Balaban J connectivity index is 3.03. The summed E-state index contributed by atoms with van der Waals surface area (Å²) in [6, 6.07) is 6.21. The number of H-pyrrole nitrogens is 1. The Hall–Kier alpha value is -1.15. The first-order chi connectivity index (χ1) is 6.18. The van der Waals surface area contributed by atoms with Gasteiger partial charge in [-0.2, -0.15) is 0 Å². The zero-order chi connectivity index (χ0) is 9.42. The molecular weight excluding hydrogens is 178 g/mol. The molecule has 2 heteroatoms. The highest BCUT2D eigenvalue weighted by molar-refractivity contribution is 7.71. The second-order valence-corrected chi connectivity index (χ2v) is 3.79. The highest BCUT2D eigenvalue weighted by Gasteiger charge is 1.99. The van der Waals surface area contributed by atoms with Crippen molar-refractivity contribution >= 4 is 23.1 Å². The van der Waals surface area contributed by atoms with Crippen molar-refractivity contribution in [1.82, 2.24) is 4.98 Å². The maximum absolute atomic E-state index is 5.26. The third-order valence-electron chi connectivity index (χ3n) is 2.20. The third-order valence-corrected chi connectivity index (χ3v) is 2.54. The van der Waals surface area contributed by atoms with Crippen LogP contribution in [0.1, 0.15) is 11.1 Å². The average Bonchev–Trinajstić information content (AvgIpc) is 2.02. The number of aromatic amines is 1. The minimum Gasteiger partial charge on any atom is -0.361 e. The van der Waals surface area contributed by atoms with Crippen molar-refractivity contribution in [3.8, 4) is 0 Å². The molecule has 0 aliphatic rings. The molecular formula is C11H11NS. The topological polar surface area (TPSA) is 15.8 Å². The standard InChI is InChI=1S/C11H11NS/c1-7-5-8(2)11-9(6-7)12-4-3-10(11)13/h3-6H,1-2H3,(H,12,13). The number of hydrogen-bond donors (Lipinski definition) is 1. The van der Waals surface area contributed by atoms with Crippen molar-refractivity contribution < 1.29 is 0 Å². The SMILES string of the molecule is Cc1cc(C)c2c(=S)cc[nH]c2c1. The average molecular weight is 189 g/mol. The quantitative estimate of drug-likeness (QED) is 0.627. The number of fused-ring (bicyclic) bond motifs is 1. The van der Waals surface area contributed by atoms with Crippen LogP contribution in [0.15, 0.2) is 24.4 Å². The van der Waals surface area contributed by atoms with Gasteiger partial charge in [0.25, 0.3) is 0 Å². The number of benzene rings is 1. The summed E-state index contributed by atoms with van der Waals surface area (Å²) in [6.07, 6.45) is 1.89. The molecule has 2 aromatic rings. The first kappa shape index (κ1) is 8.45.